The average molecular weight is 330 g/mol. The largest absolute Gasteiger partial charge is 0.459 e. The Morgan fingerprint density at radius 1 is 1.23 bits per heavy atom. The highest BCUT2D eigenvalue weighted by Crippen LogP contribution is 2.36. The SMILES string of the molecule is CC(=O)O[C@H]1CS[C@@H](C(=O)OC2C[C@H](C)CC[C@@H]2C(C)C)O1. The number of rotatable bonds is 4. The Labute approximate surface area is 136 Å². The van der Waals surface area contributed by atoms with Crippen LogP contribution in [0.25, 0.3) is 0 Å². The predicted octanol–water partition coefficient (Wildman–Crippen LogP) is 2.97. The van der Waals surface area contributed by atoms with Crippen molar-refractivity contribution in [2.24, 2.45) is 17.8 Å². The van der Waals surface area contributed by atoms with Gasteiger partial charge in [0.2, 0.25) is 11.7 Å². The van der Waals surface area contributed by atoms with E-state index in [1.54, 1.807) is 0 Å². The maximum atomic E-state index is 12.3. The maximum absolute atomic E-state index is 12.3. The molecule has 1 saturated carbocycles. The monoisotopic (exact) mass is 330 g/mol. The van der Waals surface area contributed by atoms with Gasteiger partial charge in [-0.25, -0.2) is 4.79 Å². The predicted molar refractivity (Wildman–Crippen MR) is 84.1 cm³/mol. The summed E-state index contributed by atoms with van der Waals surface area (Å²) >= 11 is 1.33. The summed E-state index contributed by atoms with van der Waals surface area (Å²) < 4.78 is 16.2. The van der Waals surface area contributed by atoms with Crippen molar-refractivity contribution in [3.8, 4) is 0 Å². The second-order valence-corrected chi connectivity index (χ2v) is 7.74. The van der Waals surface area contributed by atoms with E-state index >= 15 is 0 Å². The van der Waals surface area contributed by atoms with Crippen molar-refractivity contribution in [3.63, 3.8) is 0 Å². The van der Waals surface area contributed by atoms with E-state index in [-0.39, 0.29) is 12.1 Å². The molecule has 0 radical (unpaired) electrons. The van der Waals surface area contributed by atoms with Gasteiger partial charge in [-0.1, -0.05) is 27.2 Å². The molecule has 2 aliphatic rings. The van der Waals surface area contributed by atoms with E-state index in [1.807, 2.05) is 0 Å². The molecule has 126 valence electrons. The third-order valence-electron chi connectivity index (χ3n) is 4.38. The molecule has 2 fully saturated rings. The van der Waals surface area contributed by atoms with Gasteiger partial charge in [0.15, 0.2) is 0 Å². The van der Waals surface area contributed by atoms with Gasteiger partial charge in [0.05, 0.1) is 5.75 Å². The lowest BCUT2D eigenvalue weighted by atomic mass is 9.75. The fourth-order valence-corrected chi connectivity index (χ4v) is 4.08. The molecule has 0 amide bonds. The van der Waals surface area contributed by atoms with Crippen LogP contribution in [0.4, 0.5) is 0 Å². The second kappa shape index (κ2) is 7.68. The Bertz CT molecular complexity index is 411. The van der Waals surface area contributed by atoms with E-state index < -0.39 is 17.7 Å². The summed E-state index contributed by atoms with van der Waals surface area (Å²) in [6.07, 6.45) is 2.53. The lowest BCUT2D eigenvalue weighted by molar-refractivity contribution is -0.185. The Morgan fingerprint density at radius 3 is 2.59 bits per heavy atom. The van der Waals surface area contributed by atoms with Crippen molar-refractivity contribution in [1.82, 2.24) is 0 Å². The smallest absolute Gasteiger partial charge is 0.346 e. The van der Waals surface area contributed by atoms with Crippen molar-refractivity contribution in [1.29, 1.82) is 0 Å². The molecule has 1 heterocycles. The van der Waals surface area contributed by atoms with Crippen LogP contribution in [-0.2, 0) is 23.8 Å². The van der Waals surface area contributed by atoms with Gasteiger partial charge in [0.25, 0.3) is 0 Å². The number of esters is 2. The molecule has 5 atom stereocenters. The van der Waals surface area contributed by atoms with E-state index in [4.69, 9.17) is 14.2 Å². The first-order valence-electron chi connectivity index (χ1n) is 8.01. The summed E-state index contributed by atoms with van der Waals surface area (Å²) in [5, 5.41) is 0. The molecule has 2 rings (SSSR count). The van der Waals surface area contributed by atoms with Gasteiger partial charge in [-0.2, -0.15) is 0 Å². The number of ether oxygens (including phenoxy) is 3. The zero-order valence-electron chi connectivity index (χ0n) is 13.7. The minimum Gasteiger partial charge on any atom is -0.459 e. The molecule has 1 aliphatic carbocycles. The van der Waals surface area contributed by atoms with Crippen LogP contribution in [0.5, 0.6) is 0 Å². The molecule has 5 nitrogen and oxygen atoms in total. The molecule has 0 aromatic rings. The van der Waals surface area contributed by atoms with Crippen LogP contribution in [0.3, 0.4) is 0 Å². The number of thioether (sulfide) groups is 1. The van der Waals surface area contributed by atoms with Crippen LogP contribution >= 0.6 is 11.8 Å². The Kier molecular flexibility index (Phi) is 6.15. The second-order valence-electron chi connectivity index (χ2n) is 6.64. The highest BCUT2D eigenvalue weighted by atomic mass is 32.2. The first-order chi connectivity index (χ1) is 10.4. The van der Waals surface area contributed by atoms with Gasteiger partial charge in [0, 0.05) is 6.92 Å². The molecule has 6 heteroatoms. The van der Waals surface area contributed by atoms with E-state index in [2.05, 4.69) is 20.8 Å². The van der Waals surface area contributed by atoms with Crippen LogP contribution < -0.4 is 0 Å². The lowest BCUT2D eigenvalue weighted by Gasteiger charge is -2.37. The van der Waals surface area contributed by atoms with Crippen LogP contribution in [0.1, 0.15) is 47.0 Å². The van der Waals surface area contributed by atoms with Crippen LogP contribution in [0.15, 0.2) is 0 Å². The minimum atomic E-state index is -0.686. The molecule has 1 unspecified atom stereocenters. The molecule has 0 spiro atoms. The number of hydrogen-bond donors (Lipinski definition) is 0. The number of hydrogen-bond acceptors (Lipinski definition) is 6. The minimum absolute atomic E-state index is 0.0341. The van der Waals surface area contributed by atoms with E-state index in [9.17, 15) is 9.59 Å². The van der Waals surface area contributed by atoms with Crippen molar-refractivity contribution in [2.75, 3.05) is 5.75 Å². The summed E-state index contributed by atoms with van der Waals surface area (Å²) in [7, 11) is 0. The quantitative estimate of drug-likeness (QED) is 0.739. The molecule has 1 saturated heterocycles. The van der Waals surface area contributed by atoms with Crippen molar-refractivity contribution in [2.45, 2.75) is 64.8 Å². The molecule has 0 N–H and O–H groups in total. The van der Waals surface area contributed by atoms with Crippen molar-refractivity contribution < 1.29 is 23.8 Å². The normalized spacial score (nSPS) is 35.4. The summed E-state index contributed by atoms with van der Waals surface area (Å²) in [4.78, 5) is 23.2. The Hall–Kier alpha value is -0.750. The molecule has 0 bridgehead atoms. The zero-order valence-corrected chi connectivity index (χ0v) is 14.6. The topological polar surface area (TPSA) is 61.8 Å². The number of carbonyl (C=O) groups is 2. The fourth-order valence-electron chi connectivity index (χ4n) is 3.21. The van der Waals surface area contributed by atoms with Gasteiger partial charge < -0.3 is 14.2 Å². The van der Waals surface area contributed by atoms with Gasteiger partial charge in [-0.15, -0.1) is 11.8 Å². The Balaban J connectivity index is 1.88. The fraction of sp³-hybridized carbons (Fsp3) is 0.875. The summed E-state index contributed by atoms with van der Waals surface area (Å²) in [6.45, 7) is 7.89. The summed E-state index contributed by atoms with van der Waals surface area (Å²) in [6, 6.07) is 0. The Morgan fingerprint density at radius 2 is 1.95 bits per heavy atom. The molecule has 0 aromatic carbocycles. The summed E-state index contributed by atoms with van der Waals surface area (Å²) in [5.74, 6) is 1.21. The third-order valence-corrected chi connectivity index (χ3v) is 5.45. The van der Waals surface area contributed by atoms with Gasteiger partial charge >= 0.3 is 11.9 Å². The standard InChI is InChI=1S/C16H26O5S/c1-9(2)12-6-5-10(3)7-13(12)20-15(18)16-21-14(8-22-16)19-11(4)17/h9-10,12-14,16H,5-8H2,1-4H3/t10-,12-,13?,14-,16+/m1/s1. The highest BCUT2D eigenvalue weighted by Gasteiger charge is 2.39. The molecule has 22 heavy (non-hydrogen) atoms. The first-order valence-corrected chi connectivity index (χ1v) is 9.06. The average Bonchev–Trinajstić information content (AvgIpc) is 2.86. The van der Waals surface area contributed by atoms with E-state index in [0.29, 0.717) is 23.5 Å². The van der Waals surface area contributed by atoms with Crippen molar-refractivity contribution in [3.05, 3.63) is 0 Å². The van der Waals surface area contributed by atoms with E-state index in [1.165, 1.54) is 25.1 Å². The summed E-state index contributed by atoms with van der Waals surface area (Å²) in [5.41, 5.74) is -0.686. The zero-order chi connectivity index (χ0) is 16.3. The lowest BCUT2D eigenvalue weighted by Crippen LogP contribution is -2.38. The van der Waals surface area contributed by atoms with Crippen LogP contribution in [-0.4, -0.2) is 35.5 Å². The number of carbonyl (C=O) groups excluding carboxylic acids is 2. The molecule has 0 aromatic heterocycles. The molecular formula is C16H26O5S. The molecule has 1 aliphatic heterocycles. The van der Waals surface area contributed by atoms with Crippen molar-refractivity contribution >= 4 is 23.7 Å². The highest BCUT2D eigenvalue weighted by molar-refractivity contribution is 8.00. The maximum Gasteiger partial charge on any atom is 0.346 e. The van der Waals surface area contributed by atoms with E-state index in [0.717, 1.165) is 12.8 Å². The first kappa shape index (κ1) is 17.6. The van der Waals surface area contributed by atoms with Crippen LogP contribution in [0.2, 0.25) is 0 Å². The van der Waals surface area contributed by atoms with Gasteiger partial charge in [-0.05, 0) is 30.6 Å². The third kappa shape index (κ3) is 4.62. The van der Waals surface area contributed by atoms with Crippen LogP contribution in [0, 0.1) is 17.8 Å². The van der Waals surface area contributed by atoms with Gasteiger partial charge in [0.1, 0.15) is 6.10 Å². The van der Waals surface area contributed by atoms with Gasteiger partial charge in [-0.3, -0.25) is 4.79 Å². The molecular weight excluding hydrogens is 304 g/mol.